The summed E-state index contributed by atoms with van der Waals surface area (Å²) < 4.78 is 11.2. The molecule has 2 aromatic rings. The molecular formula is C23H29NO3. The fourth-order valence-electron chi connectivity index (χ4n) is 3.79. The molecule has 0 spiro atoms. The second-order valence-corrected chi connectivity index (χ2v) is 7.08. The van der Waals surface area contributed by atoms with E-state index in [0.29, 0.717) is 26.2 Å². The van der Waals surface area contributed by atoms with Crippen molar-refractivity contribution in [3.05, 3.63) is 71.8 Å². The molecule has 144 valence electrons. The standard InChI is InChI=1S/C23H29NO3/c1-2-27-23(25)15-21-13-14-24(16-19-9-5-3-6-10-19)22(21)18-26-17-20-11-7-4-8-12-20/h3-12,21-22H,2,13-18H2,1H3. The minimum Gasteiger partial charge on any atom is -0.466 e. The number of rotatable bonds is 9. The molecule has 2 aromatic carbocycles. The van der Waals surface area contributed by atoms with E-state index in [1.807, 2.05) is 31.2 Å². The largest absolute Gasteiger partial charge is 0.466 e. The monoisotopic (exact) mass is 367 g/mol. The molecular weight excluding hydrogens is 338 g/mol. The highest BCUT2D eigenvalue weighted by atomic mass is 16.5. The first-order chi connectivity index (χ1) is 13.3. The lowest BCUT2D eigenvalue weighted by molar-refractivity contribution is -0.144. The molecule has 27 heavy (non-hydrogen) atoms. The molecule has 0 saturated carbocycles. The number of benzene rings is 2. The maximum atomic E-state index is 12.0. The van der Waals surface area contributed by atoms with Gasteiger partial charge in [0.25, 0.3) is 0 Å². The van der Waals surface area contributed by atoms with E-state index in [1.54, 1.807) is 0 Å². The Morgan fingerprint density at radius 2 is 1.70 bits per heavy atom. The van der Waals surface area contributed by atoms with Crippen LogP contribution in [0.15, 0.2) is 60.7 Å². The predicted octanol–water partition coefficient (Wildman–Crippen LogP) is 4.05. The zero-order chi connectivity index (χ0) is 18.9. The number of nitrogens with zero attached hydrogens (tertiary/aromatic N) is 1. The van der Waals surface area contributed by atoms with Crippen molar-refractivity contribution in [2.24, 2.45) is 5.92 Å². The van der Waals surface area contributed by atoms with E-state index < -0.39 is 0 Å². The molecule has 0 amide bonds. The molecule has 0 radical (unpaired) electrons. The summed E-state index contributed by atoms with van der Waals surface area (Å²) >= 11 is 0. The summed E-state index contributed by atoms with van der Waals surface area (Å²) in [5, 5.41) is 0. The molecule has 0 aliphatic carbocycles. The molecule has 0 bridgehead atoms. The molecule has 1 aliphatic rings. The van der Waals surface area contributed by atoms with E-state index in [-0.39, 0.29) is 17.9 Å². The number of esters is 1. The Hall–Kier alpha value is -2.17. The Bertz CT molecular complexity index is 689. The van der Waals surface area contributed by atoms with Crippen LogP contribution in [0.1, 0.15) is 30.9 Å². The van der Waals surface area contributed by atoms with Crippen molar-refractivity contribution in [3.63, 3.8) is 0 Å². The van der Waals surface area contributed by atoms with Gasteiger partial charge in [0.2, 0.25) is 0 Å². The molecule has 2 unspecified atom stereocenters. The average Bonchev–Trinajstić information content (AvgIpc) is 3.05. The van der Waals surface area contributed by atoms with Crippen molar-refractivity contribution in [2.45, 2.75) is 39.0 Å². The summed E-state index contributed by atoms with van der Waals surface area (Å²) in [6.45, 7) is 5.40. The van der Waals surface area contributed by atoms with Gasteiger partial charge >= 0.3 is 5.97 Å². The summed E-state index contributed by atoms with van der Waals surface area (Å²) in [7, 11) is 0. The Balaban J connectivity index is 1.61. The molecule has 3 rings (SSSR count). The van der Waals surface area contributed by atoms with Crippen LogP contribution in [0, 0.1) is 5.92 Å². The Morgan fingerprint density at radius 1 is 1.04 bits per heavy atom. The SMILES string of the molecule is CCOC(=O)CC1CCN(Cc2ccccc2)C1COCc1ccccc1. The van der Waals surface area contributed by atoms with Crippen LogP contribution in [0.5, 0.6) is 0 Å². The second-order valence-electron chi connectivity index (χ2n) is 7.08. The van der Waals surface area contributed by atoms with Crippen LogP contribution >= 0.6 is 0 Å². The van der Waals surface area contributed by atoms with Crippen molar-refractivity contribution >= 4 is 5.97 Å². The molecule has 0 aromatic heterocycles. The normalized spacial score (nSPS) is 19.9. The van der Waals surface area contributed by atoms with E-state index in [4.69, 9.17) is 9.47 Å². The molecule has 4 nitrogen and oxygen atoms in total. The van der Waals surface area contributed by atoms with Crippen molar-refractivity contribution in [2.75, 3.05) is 19.8 Å². The molecule has 1 fully saturated rings. The van der Waals surface area contributed by atoms with Crippen LogP contribution in [-0.2, 0) is 27.4 Å². The van der Waals surface area contributed by atoms with Gasteiger partial charge in [-0.05, 0) is 36.9 Å². The molecule has 0 N–H and O–H groups in total. The van der Waals surface area contributed by atoms with Crippen LogP contribution in [0.4, 0.5) is 0 Å². The molecule has 1 saturated heterocycles. The predicted molar refractivity (Wildman–Crippen MR) is 106 cm³/mol. The molecule has 1 heterocycles. The lowest BCUT2D eigenvalue weighted by atomic mass is 9.97. The van der Waals surface area contributed by atoms with Gasteiger partial charge in [-0.1, -0.05) is 60.7 Å². The van der Waals surface area contributed by atoms with Crippen LogP contribution in [0.25, 0.3) is 0 Å². The van der Waals surface area contributed by atoms with Crippen molar-refractivity contribution in [3.8, 4) is 0 Å². The minimum atomic E-state index is -0.0999. The third-order valence-corrected chi connectivity index (χ3v) is 5.16. The van der Waals surface area contributed by atoms with E-state index in [2.05, 4.69) is 41.3 Å². The summed E-state index contributed by atoms with van der Waals surface area (Å²) in [4.78, 5) is 14.5. The number of likely N-dealkylation sites (tertiary alicyclic amines) is 1. The maximum Gasteiger partial charge on any atom is 0.306 e. The quantitative estimate of drug-likeness (QED) is 0.627. The van der Waals surface area contributed by atoms with Crippen molar-refractivity contribution < 1.29 is 14.3 Å². The van der Waals surface area contributed by atoms with Gasteiger partial charge < -0.3 is 9.47 Å². The first-order valence-corrected chi connectivity index (χ1v) is 9.81. The first-order valence-electron chi connectivity index (χ1n) is 9.81. The number of hydrogen-bond acceptors (Lipinski definition) is 4. The zero-order valence-corrected chi connectivity index (χ0v) is 16.0. The van der Waals surface area contributed by atoms with Gasteiger partial charge in [0.15, 0.2) is 0 Å². The number of carbonyl (C=O) groups is 1. The average molecular weight is 367 g/mol. The number of ether oxygens (including phenoxy) is 2. The second kappa shape index (κ2) is 10.2. The number of carbonyl (C=O) groups excluding carboxylic acids is 1. The van der Waals surface area contributed by atoms with Gasteiger partial charge in [0.1, 0.15) is 0 Å². The molecule has 2 atom stereocenters. The highest BCUT2D eigenvalue weighted by Gasteiger charge is 2.35. The zero-order valence-electron chi connectivity index (χ0n) is 16.0. The third-order valence-electron chi connectivity index (χ3n) is 5.16. The Morgan fingerprint density at radius 3 is 2.37 bits per heavy atom. The van der Waals surface area contributed by atoms with Crippen molar-refractivity contribution in [1.29, 1.82) is 0 Å². The van der Waals surface area contributed by atoms with Crippen molar-refractivity contribution in [1.82, 2.24) is 4.90 Å². The van der Waals surface area contributed by atoms with Crippen LogP contribution in [-0.4, -0.2) is 36.7 Å². The van der Waals surface area contributed by atoms with Gasteiger partial charge in [-0.15, -0.1) is 0 Å². The molecule has 4 heteroatoms. The van der Waals surface area contributed by atoms with E-state index in [0.717, 1.165) is 19.5 Å². The highest BCUT2D eigenvalue weighted by molar-refractivity contribution is 5.69. The summed E-state index contributed by atoms with van der Waals surface area (Å²) in [5.74, 6) is 0.181. The number of hydrogen-bond donors (Lipinski definition) is 0. The fraction of sp³-hybridized carbons (Fsp3) is 0.435. The smallest absolute Gasteiger partial charge is 0.306 e. The fourth-order valence-corrected chi connectivity index (χ4v) is 3.79. The van der Waals surface area contributed by atoms with Gasteiger partial charge in [-0.25, -0.2) is 0 Å². The maximum absolute atomic E-state index is 12.0. The van der Waals surface area contributed by atoms with Crippen LogP contribution < -0.4 is 0 Å². The van der Waals surface area contributed by atoms with E-state index >= 15 is 0 Å². The molecule has 1 aliphatic heterocycles. The topological polar surface area (TPSA) is 38.8 Å². The Kier molecular flexibility index (Phi) is 7.43. The first kappa shape index (κ1) is 19.6. The van der Waals surface area contributed by atoms with E-state index in [9.17, 15) is 4.79 Å². The minimum absolute atomic E-state index is 0.0999. The summed E-state index contributed by atoms with van der Waals surface area (Å²) in [6, 6.07) is 20.9. The summed E-state index contributed by atoms with van der Waals surface area (Å²) in [6.07, 6.45) is 1.48. The lowest BCUT2D eigenvalue weighted by Crippen LogP contribution is -2.37. The van der Waals surface area contributed by atoms with Gasteiger partial charge in [0, 0.05) is 19.0 Å². The van der Waals surface area contributed by atoms with Crippen LogP contribution in [0.2, 0.25) is 0 Å². The lowest BCUT2D eigenvalue weighted by Gasteiger charge is -2.28. The van der Waals surface area contributed by atoms with Crippen LogP contribution in [0.3, 0.4) is 0 Å². The van der Waals surface area contributed by atoms with E-state index in [1.165, 1.54) is 11.1 Å². The van der Waals surface area contributed by atoms with Gasteiger partial charge in [-0.2, -0.15) is 0 Å². The summed E-state index contributed by atoms with van der Waals surface area (Å²) in [5.41, 5.74) is 2.47. The third kappa shape index (κ3) is 5.91. The Labute approximate surface area is 162 Å². The van der Waals surface area contributed by atoms with Gasteiger partial charge in [-0.3, -0.25) is 9.69 Å². The highest BCUT2D eigenvalue weighted by Crippen LogP contribution is 2.29. The van der Waals surface area contributed by atoms with Gasteiger partial charge in [0.05, 0.1) is 19.8 Å².